The van der Waals surface area contributed by atoms with Crippen molar-refractivity contribution in [1.29, 1.82) is 0 Å². The van der Waals surface area contributed by atoms with E-state index in [1.165, 1.54) is 16.0 Å². The second-order valence-electron chi connectivity index (χ2n) is 4.72. The molecule has 0 spiro atoms. The summed E-state index contributed by atoms with van der Waals surface area (Å²) in [6, 6.07) is 7.28. The van der Waals surface area contributed by atoms with Crippen LogP contribution >= 0.6 is 11.8 Å². The van der Waals surface area contributed by atoms with Crippen LogP contribution in [-0.2, 0) is 0 Å². The van der Waals surface area contributed by atoms with Crippen LogP contribution in [0.15, 0.2) is 23.1 Å². The maximum atomic E-state index is 3.38. The van der Waals surface area contributed by atoms with Gasteiger partial charge in [-0.3, -0.25) is 0 Å². The summed E-state index contributed by atoms with van der Waals surface area (Å²) in [5, 5.41) is 3.38. The number of rotatable bonds is 5. The van der Waals surface area contributed by atoms with Crippen LogP contribution in [0.2, 0.25) is 0 Å². The molecule has 1 unspecified atom stereocenters. The van der Waals surface area contributed by atoms with Crippen LogP contribution in [0.4, 0.5) is 0 Å². The first-order chi connectivity index (χ1) is 7.54. The molecule has 1 atom stereocenters. The van der Waals surface area contributed by atoms with E-state index in [4.69, 9.17) is 0 Å². The fraction of sp³-hybridized carbons (Fsp3) is 0.571. The molecule has 0 aliphatic rings. The van der Waals surface area contributed by atoms with Crippen molar-refractivity contribution in [1.82, 2.24) is 5.32 Å². The lowest BCUT2D eigenvalue weighted by Gasteiger charge is -2.20. The lowest BCUT2D eigenvalue weighted by atomic mass is 10.1. The molecule has 16 heavy (non-hydrogen) atoms. The van der Waals surface area contributed by atoms with Gasteiger partial charge in [-0.05, 0) is 38.4 Å². The van der Waals surface area contributed by atoms with Gasteiger partial charge in [0.1, 0.15) is 0 Å². The van der Waals surface area contributed by atoms with Gasteiger partial charge in [0.15, 0.2) is 0 Å². The lowest BCUT2D eigenvalue weighted by Crippen LogP contribution is -2.32. The van der Waals surface area contributed by atoms with Crippen molar-refractivity contribution in [2.24, 2.45) is 5.92 Å². The standard InChI is InChI=1S/C14H23NS/c1-10(2)13(15-5)9-16-14-7-6-11(3)8-12(14)4/h6-8,10,13,15H,9H2,1-5H3. The summed E-state index contributed by atoms with van der Waals surface area (Å²) in [6.45, 7) is 8.87. The molecule has 2 heteroatoms. The van der Waals surface area contributed by atoms with Gasteiger partial charge in [0.2, 0.25) is 0 Å². The molecule has 0 bridgehead atoms. The first kappa shape index (κ1) is 13.6. The summed E-state index contributed by atoms with van der Waals surface area (Å²) in [5.74, 6) is 1.82. The van der Waals surface area contributed by atoms with E-state index in [0.717, 1.165) is 5.75 Å². The molecule has 1 N–H and O–H groups in total. The van der Waals surface area contributed by atoms with E-state index in [0.29, 0.717) is 12.0 Å². The van der Waals surface area contributed by atoms with Crippen molar-refractivity contribution in [3.8, 4) is 0 Å². The predicted octanol–water partition coefficient (Wildman–Crippen LogP) is 3.64. The molecule has 0 saturated carbocycles. The Kier molecular flexibility index (Phi) is 5.36. The summed E-state index contributed by atoms with van der Waals surface area (Å²) in [4.78, 5) is 1.41. The summed E-state index contributed by atoms with van der Waals surface area (Å²) < 4.78 is 0. The highest BCUT2D eigenvalue weighted by molar-refractivity contribution is 7.99. The molecule has 0 saturated heterocycles. The van der Waals surface area contributed by atoms with E-state index in [2.05, 4.69) is 51.2 Å². The molecule has 0 radical (unpaired) electrons. The zero-order chi connectivity index (χ0) is 12.1. The Morgan fingerprint density at radius 1 is 1.25 bits per heavy atom. The van der Waals surface area contributed by atoms with Gasteiger partial charge in [0.25, 0.3) is 0 Å². The largest absolute Gasteiger partial charge is 0.316 e. The highest BCUT2D eigenvalue weighted by Gasteiger charge is 2.11. The van der Waals surface area contributed by atoms with Crippen LogP contribution in [-0.4, -0.2) is 18.8 Å². The van der Waals surface area contributed by atoms with Crippen LogP contribution in [0.5, 0.6) is 0 Å². The summed E-state index contributed by atoms with van der Waals surface area (Å²) in [7, 11) is 2.05. The van der Waals surface area contributed by atoms with E-state index < -0.39 is 0 Å². The van der Waals surface area contributed by atoms with E-state index in [1.54, 1.807) is 0 Å². The molecule has 1 aromatic carbocycles. The average molecular weight is 237 g/mol. The molecule has 0 heterocycles. The maximum absolute atomic E-state index is 3.38. The number of nitrogens with one attached hydrogen (secondary N) is 1. The monoisotopic (exact) mass is 237 g/mol. The molecule has 0 aliphatic carbocycles. The minimum atomic E-state index is 0.589. The second kappa shape index (κ2) is 6.31. The van der Waals surface area contributed by atoms with Gasteiger partial charge in [0.05, 0.1) is 0 Å². The normalized spacial score (nSPS) is 13.1. The van der Waals surface area contributed by atoms with Crippen LogP contribution in [0.1, 0.15) is 25.0 Å². The number of hydrogen-bond donors (Lipinski definition) is 1. The molecule has 1 nitrogen and oxygen atoms in total. The highest BCUT2D eigenvalue weighted by Crippen LogP contribution is 2.24. The quantitative estimate of drug-likeness (QED) is 0.785. The third kappa shape index (κ3) is 3.84. The SMILES string of the molecule is CNC(CSc1ccc(C)cc1C)C(C)C. The Hall–Kier alpha value is -0.470. The first-order valence-electron chi connectivity index (χ1n) is 5.92. The molecule has 1 rings (SSSR count). The van der Waals surface area contributed by atoms with Gasteiger partial charge >= 0.3 is 0 Å². The van der Waals surface area contributed by atoms with Crippen molar-refractivity contribution < 1.29 is 0 Å². The van der Waals surface area contributed by atoms with Gasteiger partial charge in [-0.25, -0.2) is 0 Å². The molecular weight excluding hydrogens is 214 g/mol. The van der Waals surface area contributed by atoms with Crippen LogP contribution < -0.4 is 5.32 Å². The molecule has 0 aromatic heterocycles. The Morgan fingerprint density at radius 2 is 1.94 bits per heavy atom. The summed E-state index contributed by atoms with van der Waals surface area (Å²) >= 11 is 1.95. The predicted molar refractivity (Wildman–Crippen MR) is 74.3 cm³/mol. The summed E-state index contributed by atoms with van der Waals surface area (Å²) in [6.07, 6.45) is 0. The zero-order valence-corrected chi connectivity index (χ0v) is 11.8. The van der Waals surface area contributed by atoms with Crippen molar-refractivity contribution in [3.05, 3.63) is 29.3 Å². The number of thioether (sulfide) groups is 1. The van der Waals surface area contributed by atoms with Crippen LogP contribution in [0.25, 0.3) is 0 Å². The molecular formula is C14H23NS. The van der Waals surface area contributed by atoms with E-state index in [-0.39, 0.29) is 0 Å². The summed E-state index contributed by atoms with van der Waals surface area (Å²) in [5.41, 5.74) is 2.74. The van der Waals surface area contributed by atoms with Gasteiger partial charge in [-0.15, -0.1) is 11.8 Å². The van der Waals surface area contributed by atoms with Crippen LogP contribution in [0.3, 0.4) is 0 Å². The smallest absolute Gasteiger partial charge is 0.0181 e. The Morgan fingerprint density at radius 3 is 2.44 bits per heavy atom. The number of aryl methyl sites for hydroxylation is 2. The molecule has 0 fully saturated rings. The Balaban J connectivity index is 2.60. The maximum Gasteiger partial charge on any atom is 0.0181 e. The van der Waals surface area contributed by atoms with Crippen molar-refractivity contribution >= 4 is 11.8 Å². The minimum Gasteiger partial charge on any atom is -0.316 e. The third-order valence-corrected chi connectivity index (χ3v) is 4.22. The number of hydrogen-bond acceptors (Lipinski definition) is 2. The van der Waals surface area contributed by atoms with Gasteiger partial charge in [-0.1, -0.05) is 31.5 Å². The van der Waals surface area contributed by atoms with Gasteiger partial charge in [0, 0.05) is 16.7 Å². The van der Waals surface area contributed by atoms with Crippen molar-refractivity contribution in [2.45, 2.75) is 38.6 Å². The third-order valence-electron chi connectivity index (χ3n) is 2.92. The number of benzene rings is 1. The Bertz CT molecular complexity index is 334. The highest BCUT2D eigenvalue weighted by atomic mass is 32.2. The fourth-order valence-electron chi connectivity index (χ4n) is 1.75. The van der Waals surface area contributed by atoms with Crippen molar-refractivity contribution in [3.63, 3.8) is 0 Å². The average Bonchev–Trinajstić information content (AvgIpc) is 2.21. The van der Waals surface area contributed by atoms with E-state index in [9.17, 15) is 0 Å². The first-order valence-corrected chi connectivity index (χ1v) is 6.90. The lowest BCUT2D eigenvalue weighted by molar-refractivity contribution is 0.465. The topological polar surface area (TPSA) is 12.0 Å². The van der Waals surface area contributed by atoms with Crippen molar-refractivity contribution in [2.75, 3.05) is 12.8 Å². The van der Waals surface area contributed by atoms with Crippen LogP contribution in [0, 0.1) is 19.8 Å². The van der Waals surface area contributed by atoms with E-state index in [1.807, 2.05) is 18.8 Å². The Labute approximate surface area is 104 Å². The van der Waals surface area contributed by atoms with Gasteiger partial charge < -0.3 is 5.32 Å². The molecule has 90 valence electrons. The molecule has 1 aromatic rings. The zero-order valence-electron chi connectivity index (χ0n) is 11.0. The molecule has 0 amide bonds. The fourth-order valence-corrected chi connectivity index (χ4v) is 3.11. The minimum absolute atomic E-state index is 0.589. The van der Waals surface area contributed by atoms with E-state index >= 15 is 0 Å². The molecule has 0 aliphatic heterocycles. The second-order valence-corrected chi connectivity index (χ2v) is 5.78. The van der Waals surface area contributed by atoms with Gasteiger partial charge in [-0.2, -0.15) is 0 Å².